The van der Waals surface area contributed by atoms with Gasteiger partial charge < -0.3 is 4.42 Å². The van der Waals surface area contributed by atoms with Crippen molar-refractivity contribution in [3.05, 3.63) is 92.4 Å². The minimum absolute atomic E-state index is 0.0426. The molecule has 0 saturated carbocycles. The Labute approximate surface area is 244 Å². The van der Waals surface area contributed by atoms with E-state index in [0.29, 0.717) is 0 Å². The van der Waals surface area contributed by atoms with E-state index in [4.69, 9.17) is 14.9 Å². The quantitative estimate of drug-likeness (QED) is 0.126. The van der Waals surface area contributed by atoms with Gasteiger partial charge in [0.15, 0.2) is 57.7 Å². The van der Waals surface area contributed by atoms with Gasteiger partial charge in [0.1, 0.15) is 35.2 Å². The zero-order valence-electron chi connectivity index (χ0n) is 21.5. The molecule has 1 aliphatic rings. The summed E-state index contributed by atoms with van der Waals surface area (Å²) in [5.74, 6) is -16.1. The second kappa shape index (κ2) is 10.4. The van der Waals surface area contributed by atoms with E-state index in [9.17, 15) is 36.9 Å². The second-order valence-corrected chi connectivity index (χ2v) is 8.77. The van der Waals surface area contributed by atoms with Crippen LogP contribution in [-0.2, 0) is 0 Å². The number of halogens is 6. The van der Waals surface area contributed by atoms with E-state index in [0.717, 1.165) is 12.1 Å². The third kappa shape index (κ3) is 4.28. The number of fused-ring (bicyclic) bond motifs is 2. The van der Waals surface area contributed by atoms with E-state index in [2.05, 4.69) is 29.9 Å². The number of hydrogen-bond donors (Lipinski definition) is 0. The van der Waals surface area contributed by atoms with Crippen molar-refractivity contribution in [2.45, 2.75) is 0 Å². The molecule has 6 rings (SSSR count). The maximum absolute atomic E-state index is 14.9. The first-order chi connectivity index (χ1) is 21.6. The predicted molar refractivity (Wildman–Crippen MR) is 133 cm³/mol. The normalized spacial score (nSPS) is 11.6. The average Bonchev–Trinajstić information content (AvgIpc) is 3.69. The Morgan fingerprint density at radius 2 is 1.31 bits per heavy atom. The zero-order valence-corrected chi connectivity index (χ0v) is 21.5. The fourth-order valence-electron chi connectivity index (χ4n) is 4.23. The summed E-state index contributed by atoms with van der Waals surface area (Å²) in [5.41, 5.74) is -3.61. The van der Waals surface area contributed by atoms with Gasteiger partial charge in [0.25, 0.3) is 5.89 Å². The fraction of sp³-hybridized carbons (Fsp3) is 0. The highest BCUT2D eigenvalue weighted by atomic mass is 19.2. The Balaban J connectivity index is 1.69. The van der Waals surface area contributed by atoms with Gasteiger partial charge >= 0.3 is 0 Å². The molecule has 0 atom stereocenters. The van der Waals surface area contributed by atoms with Crippen LogP contribution in [-0.4, -0.2) is 19.9 Å². The van der Waals surface area contributed by atoms with Gasteiger partial charge in [-0.25, -0.2) is 56.3 Å². The fourth-order valence-corrected chi connectivity index (χ4v) is 4.23. The number of oxazole rings is 1. The van der Waals surface area contributed by atoms with Crippen LogP contribution >= 0.6 is 0 Å². The van der Waals surface area contributed by atoms with E-state index in [1.165, 1.54) is 12.1 Å². The smallest absolute Gasteiger partial charge is 0.266 e. The summed E-state index contributed by atoms with van der Waals surface area (Å²) < 4.78 is 91.9. The molecule has 0 aliphatic carbocycles. The number of nitriles is 4. The first kappa shape index (κ1) is 28.2. The van der Waals surface area contributed by atoms with Crippen LogP contribution in [0.4, 0.5) is 26.3 Å². The molecule has 3 aromatic carbocycles. The SMILES string of the molecule is N#CC(C#N)=C1N=c2ccc(-c3nc(-c4nc5c(C#N)ccc(F)c5o4)nc(-c4c(F)c(F)c(F)c(F)c4F)n3)c(C#N)c2=N1. The lowest BCUT2D eigenvalue weighted by atomic mass is 10.1. The molecule has 0 radical (unpaired) electrons. The van der Waals surface area contributed by atoms with Gasteiger partial charge in [-0.2, -0.15) is 21.0 Å². The lowest BCUT2D eigenvalue weighted by molar-refractivity contribution is 0.381. The lowest BCUT2D eigenvalue weighted by Gasteiger charge is -2.10. The monoisotopic (exact) mass is 610 g/mol. The molecule has 11 nitrogen and oxygen atoms in total. The molecule has 17 heteroatoms. The summed E-state index contributed by atoms with van der Waals surface area (Å²) in [7, 11) is 0. The zero-order chi connectivity index (χ0) is 32.2. The Bertz CT molecular complexity index is 2470. The van der Waals surface area contributed by atoms with Crippen LogP contribution in [0.15, 0.2) is 50.1 Å². The average molecular weight is 610 g/mol. The van der Waals surface area contributed by atoms with Gasteiger partial charge in [-0.1, -0.05) is 0 Å². The molecule has 0 fully saturated rings. The summed E-state index contributed by atoms with van der Waals surface area (Å²) >= 11 is 0. The van der Waals surface area contributed by atoms with E-state index in [1.54, 1.807) is 18.2 Å². The van der Waals surface area contributed by atoms with Crippen LogP contribution in [0, 0.1) is 80.2 Å². The topological polar surface area (TPSA) is 185 Å². The van der Waals surface area contributed by atoms with Crippen molar-refractivity contribution >= 4 is 11.1 Å². The maximum atomic E-state index is 14.9. The molecule has 214 valence electrons. The van der Waals surface area contributed by atoms with E-state index in [1.807, 2.05) is 6.07 Å². The summed E-state index contributed by atoms with van der Waals surface area (Å²) in [5, 5.41) is 37.6. The third-order valence-electron chi connectivity index (χ3n) is 6.28. The predicted octanol–water partition coefficient (Wildman–Crippen LogP) is 4.10. The number of benzene rings is 3. The Hall–Kier alpha value is -6.98. The van der Waals surface area contributed by atoms with Crippen LogP contribution in [0.25, 0.3) is 45.6 Å². The largest absolute Gasteiger partial charge is 0.430 e. The minimum Gasteiger partial charge on any atom is -0.430 e. The number of nitrogens with zero attached hydrogens (tertiary/aromatic N) is 10. The van der Waals surface area contributed by atoms with E-state index < -0.39 is 75.0 Å². The highest BCUT2D eigenvalue weighted by Crippen LogP contribution is 2.33. The summed E-state index contributed by atoms with van der Waals surface area (Å²) in [6, 6.07) is 11.2. The molecule has 0 unspecified atom stereocenters. The number of hydrogen-bond acceptors (Lipinski definition) is 11. The molecule has 3 heterocycles. The Morgan fingerprint density at radius 1 is 0.667 bits per heavy atom. The van der Waals surface area contributed by atoms with Gasteiger partial charge in [-0.3, -0.25) is 0 Å². The maximum Gasteiger partial charge on any atom is 0.266 e. The van der Waals surface area contributed by atoms with Crippen LogP contribution in [0.5, 0.6) is 0 Å². The van der Waals surface area contributed by atoms with E-state index >= 15 is 0 Å². The highest BCUT2D eigenvalue weighted by molar-refractivity contribution is 5.82. The molecule has 1 aliphatic heterocycles. The Kier molecular flexibility index (Phi) is 6.50. The van der Waals surface area contributed by atoms with Crippen molar-refractivity contribution in [1.29, 1.82) is 21.0 Å². The summed E-state index contributed by atoms with van der Waals surface area (Å²) in [4.78, 5) is 23.8. The molecular weight excluding hydrogens is 606 g/mol. The standard InChI is InChI=1S/C28H4F6N10O/c29-13-3-1-9(5-35)21-23(13)45-28(41-21)27-43-25(42-26(44-27)15-16(30)18(32)20(34)19(33)17(15)31)11-2-4-14-22(12(11)8-38)40-24(39-14)10(6-36)7-37/h1-4H. The molecule has 0 spiro atoms. The Morgan fingerprint density at radius 3 is 1.96 bits per heavy atom. The van der Waals surface area contributed by atoms with Crippen molar-refractivity contribution in [2.24, 2.45) is 9.98 Å². The van der Waals surface area contributed by atoms with Crippen LogP contribution in [0.3, 0.4) is 0 Å². The van der Waals surface area contributed by atoms with Crippen molar-refractivity contribution in [1.82, 2.24) is 19.9 Å². The molecule has 0 N–H and O–H groups in total. The minimum atomic E-state index is -2.45. The van der Waals surface area contributed by atoms with E-state index in [-0.39, 0.29) is 38.7 Å². The van der Waals surface area contributed by atoms with Crippen molar-refractivity contribution in [3.63, 3.8) is 0 Å². The van der Waals surface area contributed by atoms with Gasteiger partial charge in [-0.15, -0.1) is 0 Å². The van der Waals surface area contributed by atoms with Crippen LogP contribution in [0.1, 0.15) is 11.1 Å². The first-order valence-corrected chi connectivity index (χ1v) is 11.9. The highest BCUT2D eigenvalue weighted by Gasteiger charge is 2.30. The van der Waals surface area contributed by atoms with Crippen LogP contribution < -0.4 is 10.7 Å². The second-order valence-electron chi connectivity index (χ2n) is 8.77. The van der Waals surface area contributed by atoms with Crippen molar-refractivity contribution in [3.8, 4) is 58.8 Å². The lowest BCUT2D eigenvalue weighted by Crippen LogP contribution is -2.25. The van der Waals surface area contributed by atoms with Gasteiger partial charge in [0, 0.05) is 5.56 Å². The molecular formula is C28H4F6N10O. The van der Waals surface area contributed by atoms with Gasteiger partial charge in [0.2, 0.25) is 11.6 Å². The van der Waals surface area contributed by atoms with Gasteiger partial charge in [-0.05, 0) is 24.3 Å². The molecule has 0 saturated heterocycles. The third-order valence-corrected chi connectivity index (χ3v) is 6.28. The van der Waals surface area contributed by atoms with Crippen molar-refractivity contribution < 1.29 is 30.8 Å². The molecule has 0 bridgehead atoms. The molecule has 0 amide bonds. The van der Waals surface area contributed by atoms with Crippen molar-refractivity contribution in [2.75, 3.05) is 0 Å². The van der Waals surface area contributed by atoms with Gasteiger partial charge in [0.05, 0.1) is 22.0 Å². The number of allylic oxidation sites excluding steroid dienone is 1. The van der Waals surface area contributed by atoms with Crippen LogP contribution in [0.2, 0.25) is 0 Å². The summed E-state index contributed by atoms with van der Waals surface area (Å²) in [6.45, 7) is 0. The molecule has 2 aromatic heterocycles. The molecule has 5 aromatic rings. The first-order valence-electron chi connectivity index (χ1n) is 11.9. The molecule has 45 heavy (non-hydrogen) atoms. The number of rotatable bonds is 3. The summed E-state index contributed by atoms with van der Waals surface area (Å²) in [6.07, 6.45) is 0. The number of aromatic nitrogens is 4.